The molecule has 6 heteroatoms. The average Bonchev–Trinajstić information content (AvgIpc) is 2.65. The van der Waals surface area contributed by atoms with Crippen LogP contribution in [0.1, 0.15) is 34.3 Å². The van der Waals surface area contributed by atoms with E-state index in [4.69, 9.17) is 5.73 Å². The molecule has 1 amide bonds. The highest BCUT2D eigenvalue weighted by molar-refractivity contribution is 5.94. The van der Waals surface area contributed by atoms with Gasteiger partial charge in [0.1, 0.15) is 11.6 Å². The van der Waals surface area contributed by atoms with Crippen molar-refractivity contribution in [3.63, 3.8) is 0 Å². The molecule has 4 nitrogen and oxygen atoms in total. The lowest BCUT2D eigenvalue weighted by Gasteiger charge is -2.33. The van der Waals surface area contributed by atoms with Crippen molar-refractivity contribution in [1.82, 2.24) is 10.2 Å². The van der Waals surface area contributed by atoms with Crippen LogP contribution in [0.4, 0.5) is 8.78 Å². The molecule has 1 aliphatic heterocycles. The maximum atomic E-state index is 13.9. The number of piperidine rings is 1. The van der Waals surface area contributed by atoms with Crippen LogP contribution in [-0.2, 0) is 13.1 Å². The van der Waals surface area contributed by atoms with E-state index in [-0.39, 0.29) is 24.1 Å². The lowest BCUT2D eigenvalue weighted by atomic mass is 10.0. The number of hydrogen-bond acceptors (Lipinski definition) is 3. The van der Waals surface area contributed by atoms with Crippen LogP contribution in [-0.4, -0.2) is 29.9 Å². The van der Waals surface area contributed by atoms with Crippen molar-refractivity contribution in [2.45, 2.75) is 32.0 Å². The molecule has 138 valence electrons. The van der Waals surface area contributed by atoms with Gasteiger partial charge in [0, 0.05) is 36.8 Å². The lowest BCUT2D eigenvalue weighted by Crippen LogP contribution is -2.47. The smallest absolute Gasteiger partial charge is 0.251 e. The first-order chi connectivity index (χ1) is 12.6. The third kappa shape index (κ3) is 4.45. The summed E-state index contributed by atoms with van der Waals surface area (Å²) in [5, 5.41) is 3.02. The van der Waals surface area contributed by atoms with Crippen LogP contribution in [0.5, 0.6) is 0 Å². The third-order valence-corrected chi connectivity index (χ3v) is 4.74. The number of hydrogen-bond donors (Lipinski definition) is 2. The van der Waals surface area contributed by atoms with E-state index in [1.807, 2.05) is 17.0 Å². The molecule has 26 heavy (non-hydrogen) atoms. The van der Waals surface area contributed by atoms with Gasteiger partial charge in [0.25, 0.3) is 5.91 Å². The van der Waals surface area contributed by atoms with Gasteiger partial charge in [0.15, 0.2) is 0 Å². The molecule has 0 aromatic heterocycles. The summed E-state index contributed by atoms with van der Waals surface area (Å²) in [4.78, 5) is 14.4. The van der Waals surface area contributed by atoms with Crippen LogP contribution in [0.15, 0.2) is 42.5 Å². The van der Waals surface area contributed by atoms with E-state index in [9.17, 15) is 13.6 Å². The molecule has 0 aliphatic carbocycles. The SMILES string of the molecule is NCc1ccc(C(=O)NC2CCCN(Cc3c(F)cccc3F)C2)cc1. The van der Waals surface area contributed by atoms with E-state index in [2.05, 4.69) is 5.32 Å². The second-order valence-electron chi connectivity index (χ2n) is 6.65. The van der Waals surface area contributed by atoms with Crippen molar-refractivity contribution >= 4 is 5.91 Å². The normalized spacial score (nSPS) is 17.9. The Bertz CT molecular complexity index is 744. The fraction of sp³-hybridized carbons (Fsp3) is 0.350. The highest BCUT2D eigenvalue weighted by Gasteiger charge is 2.23. The fourth-order valence-electron chi connectivity index (χ4n) is 3.28. The molecule has 1 aliphatic rings. The lowest BCUT2D eigenvalue weighted by molar-refractivity contribution is 0.0899. The van der Waals surface area contributed by atoms with Gasteiger partial charge in [-0.05, 0) is 49.2 Å². The Balaban J connectivity index is 1.60. The Morgan fingerprint density at radius 3 is 2.50 bits per heavy atom. The topological polar surface area (TPSA) is 58.4 Å². The number of nitrogens with two attached hydrogens (primary N) is 1. The van der Waals surface area contributed by atoms with Crippen LogP contribution in [0.2, 0.25) is 0 Å². The standard InChI is InChI=1S/C20H23F2N3O/c21-18-4-1-5-19(22)17(18)13-25-10-2-3-16(12-25)24-20(26)15-8-6-14(11-23)7-9-15/h1,4-9,16H,2-3,10-13,23H2,(H,24,26). The molecule has 1 unspecified atom stereocenters. The van der Waals surface area contributed by atoms with E-state index in [0.717, 1.165) is 24.9 Å². The van der Waals surface area contributed by atoms with E-state index in [1.54, 1.807) is 12.1 Å². The molecule has 3 N–H and O–H groups in total. The number of nitrogens with zero attached hydrogens (tertiary/aromatic N) is 1. The molecule has 2 aromatic rings. The number of carbonyl (C=O) groups is 1. The summed E-state index contributed by atoms with van der Waals surface area (Å²) in [6.45, 7) is 1.97. The summed E-state index contributed by atoms with van der Waals surface area (Å²) in [6.07, 6.45) is 1.72. The monoisotopic (exact) mass is 359 g/mol. The molecule has 1 saturated heterocycles. The van der Waals surface area contributed by atoms with Crippen LogP contribution in [0.25, 0.3) is 0 Å². The maximum Gasteiger partial charge on any atom is 0.251 e. The van der Waals surface area contributed by atoms with Gasteiger partial charge in [-0.2, -0.15) is 0 Å². The van der Waals surface area contributed by atoms with Crippen molar-refractivity contribution < 1.29 is 13.6 Å². The molecule has 3 rings (SSSR count). The summed E-state index contributed by atoms with van der Waals surface area (Å²) in [7, 11) is 0. The first kappa shape index (κ1) is 18.5. The minimum atomic E-state index is -0.531. The number of amides is 1. The molecule has 0 bridgehead atoms. The van der Waals surface area contributed by atoms with Crippen molar-refractivity contribution in [2.24, 2.45) is 5.73 Å². The number of likely N-dealkylation sites (tertiary alicyclic amines) is 1. The zero-order valence-corrected chi connectivity index (χ0v) is 14.6. The molecule has 1 fully saturated rings. The van der Waals surface area contributed by atoms with Crippen LogP contribution in [0, 0.1) is 11.6 Å². The molecule has 0 radical (unpaired) electrons. The predicted molar refractivity (Wildman–Crippen MR) is 96.5 cm³/mol. The molecule has 1 heterocycles. The van der Waals surface area contributed by atoms with Crippen molar-refractivity contribution in [3.05, 3.63) is 70.8 Å². The molecule has 0 spiro atoms. The van der Waals surface area contributed by atoms with E-state index >= 15 is 0 Å². The highest BCUT2D eigenvalue weighted by Crippen LogP contribution is 2.18. The Morgan fingerprint density at radius 1 is 1.15 bits per heavy atom. The molecular formula is C20H23F2N3O. The predicted octanol–water partition coefficient (Wildman–Crippen LogP) is 2.82. The summed E-state index contributed by atoms with van der Waals surface area (Å²) in [5.41, 5.74) is 7.20. The molecule has 2 aromatic carbocycles. The summed E-state index contributed by atoms with van der Waals surface area (Å²) >= 11 is 0. The van der Waals surface area contributed by atoms with Crippen LogP contribution >= 0.6 is 0 Å². The largest absolute Gasteiger partial charge is 0.348 e. The quantitative estimate of drug-likeness (QED) is 0.863. The van der Waals surface area contributed by atoms with Gasteiger partial charge in [0.2, 0.25) is 0 Å². The van der Waals surface area contributed by atoms with Gasteiger partial charge < -0.3 is 11.1 Å². The number of halogens is 2. The number of benzene rings is 2. The van der Waals surface area contributed by atoms with Crippen LogP contribution in [0.3, 0.4) is 0 Å². The zero-order chi connectivity index (χ0) is 18.5. The van der Waals surface area contributed by atoms with Gasteiger partial charge in [-0.25, -0.2) is 8.78 Å². The Labute approximate surface area is 152 Å². The zero-order valence-electron chi connectivity index (χ0n) is 14.6. The average molecular weight is 359 g/mol. The number of carbonyl (C=O) groups excluding carboxylic acids is 1. The van der Waals surface area contributed by atoms with Gasteiger partial charge in [-0.3, -0.25) is 9.69 Å². The molecular weight excluding hydrogens is 336 g/mol. The van der Waals surface area contributed by atoms with Crippen molar-refractivity contribution in [1.29, 1.82) is 0 Å². The van der Waals surface area contributed by atoms with E-state index in [0.29, 0.717) is 18.7 Å². The Morgan fingerprint density at radius 2 is 1.85 bits per heavy atom. The number of rotatable bonds is 5. The Hall–Kier alpha value is -2.31. The second kappa shape index (κ2) is 8.38. The van der Waals surface area contributed by atoms with E-state index < -0.39 is 11.6 Å². The fourth-order valence-corrected chi connectivity index (χ4v) is 3.28. The maximum absolute atomic E-state index is 13.9. The summed E-state index contributed by atoms with van der Waals surface area (Å²) in [6, 6.07) is 11.1. The van der Waals surface area contributed by atoms with Crippen molar-refractivity contribution in [2.75, 3.05) is 13.1 Å². The summed E-state index contributed by atoms with van der Waals surface area (Å²) in [5.74, 6) is -1.20. The van der Waals surface area contributed by atoms with Crippen molar-refractivity contribution in [3.8, 4) is 0 Å². The minimum absolute atomic E-state index is 0.0414. The second-order valence-corrected chi connectivity index (χ2v) is 6.65. The molecule has 1 atom stereocenters. The summed E-state index contributed by atoms with van der Waals surface area (Å²) < 4.78 is 27.7. The minimum Gasteiger partial charge on any atom is -0.348 e. The first-order valence-corrected chi connectivity index (χ1v) is 8.82. The van der Waals surface area contributed by atoms with Gasteiger partial charge in [-0.15, -0.1) is 0 Å². The van der Waals surface area contributed by atoms with Crippen LogP contribution < -0.4 is 11.1 Å². The van der Waals surface area contributed by atoms with Gasteiger partial charge in [-0.1, -0.05) is 18.2 Å². The van der Waals surface area contributed by atoms with Gasteiger partial charge in [0.05, 0.1) is 0 Å². The first-order valence-electron chi connectivity index (χ1n) is 8.82. The van der Waals surface area contributed by atoms with E-state index in [1.165, 1.54) is 18.2 Å². The van der Waals surface area contributed by atoms with Gasteiger partial charge >= 0.3 is 0 Å². The third-order valence-electron chi connectivity index (χ3n) is 4.74. The highest BCUT2D eigenvalue weighted by atomic mass is 19.1. The Kier molecular flexibility index (Phi) is 5.96. The number of nitrogens with one attached hydrogen (secondary N) is 1. The molecule has 0 saturated carbocycles.